The van der Waals surface area contributed by atoms with E-state index in [9.17, 15) is 14.4 Å². The Balaban J connectivity index is 4.46. The molecule has 0 aliphatic rings. The second kappa shape index (κ2) is 57.2. The monoisotopic (exact) mass is 961 g/mol. The average Bonchev–Trinajstić information content (AvgIpc) is 3.35. The topological polar surface area (TPSA) is 78.9 Å². The third-order valence-electron chi connectivity index (χ3n) is 12.4. The molecule has 0 aliphatic carbocycles. The van der Waals surface area contributed by atoms with Gasteiger partial charge in [-0.2, -0.15) is 0 Å². The molecule has 0 unspecified atom stereocenters. The molecule has 0 aromatic heterocycles. The first-order chi connectivity index (χ1) is 34.0. The van der Waals surface area contributed by atoms with Crippen molar-refractivity contribution in [2.75, 3.05) is 13.2 Å². The van der Waals surface area contributed by atoms with Crippen LogP contribution in [-0.2, 0) is 28.6 Å². The van der Waals surface area contributed by atoms with Crippen LogP contribution in [0.1, 0.15) is 278 Å². The summed E-state index contributed by atoms with van der Waals surface area (Å²) in [6, 6.07) is 0. The Hall–Kier alpha value is -3.41. The van der Waals surface area contributed by atoms with Gasteiger partial charge in [0.25, 0.3) is 0 Å². The van der Waals surface area contributed by atoms with Gasteiger partial charge in [0.15, 0.2) is 6.10 Å². The number of carbonyl (C=O) groups is 3. The number of rotatable bonds is 52. The number of carbonyl (C=O) groups excluding carboxylic acids is 3. The van der Waals surface area contributed by atoms with Gasteiger partial charge in [0.2, 0.25) is 0 Å². The molecule has 6 heteroatoms. The summed E-state index contributed by atoms with van der Waals surface area (Å²) in [5.41, 5.74) is 0. The van der Waals surface area contributed by atoms with Gasteiger partial charge in [-0.3, -0.25) is 14.4 Å². The summed E-state index contributed by atoms with van der Waals surface area (Å²) in [5, 5.41) is 0. The number of esters is 3. The molecule has 0 rings (SSSR count). The summed E-state index contributed by atoms with van der Waals surface area (Å²) in [6.07, 6.45) is 74.2. The van der Waals surface area contributed by atoms with E-state index in [-0.39, 0.29) is 37.5 Å². The van der Waals surface area contributed by atoms with Crippen molar-refractivity contribution in [3.63, 3.8) is 0 Å². The molecule has 0 bridgehead atoms. The van der Waals surface area contributed by atoms with Gasteiger partial charge in [0.05, 0.1) is 0 Å². The van der Waals surface area contributed by atoms with Crippen molar-refractivity contribution >= 4 is 17.9 Å². The van der Waals surface area contributed by atoms with Crippen molar-refractivity contribution in [3.05, 3.63) is 85.1 Å². The van der Waals surface area contributed by atoms with E-state index in [0.717, 1.165) is 109 Å². The highest BCUT2D eigenvalue weighted by Gasteiger charge is 2.19. The Morgan fingerprint density at radius 1 is 0.304 bits per heavy atom. The van der Waals surface area contributed by atoms with Gasteiger partial charge in [-0.1, -0.05) is 247 Å². The highest BCUT2D eigenvalue weighted by atomic mass is 16.6. The summed E-state index contributed by atoms with van der Waals surface area (Å²) < 4.78 is 16.9. The molecule has 0 N–H and O–H groups in total. The molecule has 396 valence electrons. The van der Waals surface area contributed by atoms with E-state index in [0.29, 0.717) is 12.8 Å². The zero-order valence-electron chi connectivity index (χ0n) is 45.3. The van der Waals surface area contributed by atoms with Crippen molar-refractivity contribution in [2.24, 2.45) is 0 Å². The fourth-order valence-electron chi connectivity index (χ4n) is 8.03. The van der Waals surface area contributed by atoms with Crippen LogP contribution in [-0.4, -0.2) is 37.2 Å². The summed E-state index contributed by atoms with van der Waals surface area (Å²) in [6.45, 7) is 6.49. The molecule has 0 spiro atoms. The molecule has 6 nitrogen and oxygen atoms in total. The van der Waals surface area contributed by atoms with Crippen LogP contribution in [0.2, 0.25) is 0 Å². The number of unbranched alkanes of at least 4 members (excludes halogenated alkanes) is 27. The summed E-state index contributed by atoms with van der Waals surface area (Å²) in [5.74, 6) is -0.923. The molecule has 1 atom stereocenters. The minimum atomic E-state index is -0.797. The van der Waals surface area contributed by atoms with Gasteiger partial charge >= 0.3 is 17.9 Å². The standard InChI is InChI=1S/C63H108O6/c1-4-7-10-13-16-19-22-25-28-30-31-33-36-39-42-45-48-51-54-57-63(66)69-60(58-67-61(64)55-52-49-46-43-40-37-34-27-24-21-18-15-12-9-6-3)59-68-62(65)56-53-50-47-44-41-38-35-32-29-26-23-20-17-14-11-8-5-2/h7,10,16-17,19-20,25-26,28-29,31,33,39,42,60H,4-6,8-9,11-15,18,21-24,27,30,32,34-38,40-41,43-59H2,1-3H3/b10-7-,19-16-,20-17-,28-25-,29-26-,33-31-,42-39-/t60-/m0/s1. The zero-order valence-corrected chi connectivity index (χ0v) is 45.3. The quantitative estimate of drug-likeness (QED) is 0.0262. The third-order valence-corrected chi connectivity index (χ3v) is 12.4. The number of ether oxygens (including phenoxy) is 3. The molecular weight excluding hydrogens is 853 g/mol. The van der Waals surface area contributed by atoms with Crippen molar-refractivity contribution < 1.29 is 28.6 Å². The lowest BCUT2D eigenvalue weighted by atomic mass is 10.0. The van der Waals surface area contributed by atoms with Crippen LogP contribution >= 0.6 is 0 Å². The third kappa shape index (κ3) is 55.4. The Morgan fingerprint density at radius 2 is 0.565 bits per heavy atom. The van der Waals surface area contributed by atoms with E-state index in [2.05, 4.69) is 106 Å². The second-order valence-corrected chi connectivity index (χ2v) is 19.2. The minimum Gasteiger partial charge on any atom is -0.462 e. The summed E-state index contributed by atoms with van der Waals surface area (Å²) >= 11 is 0. The largest absolute Gasteiger partial charge is 0.462 e. The molecule has 69 heavy (non-hydrogen) atoms. The molecule has 0 radical (unpaired) electrons. The van der Waals surface area contributed by atoms with Gasteiger partial charge < -0.3 is 14.2 Å². The van der Waals surface area contributed by atoms with Gasteiger partial charge in [-0.05, 0) is 96.3 Å². The highest BCUT2D eigenvalue weighted by molar-refractivity contribution is 5.71. The predicted octanol–water partition coefficient (Wildman–Crippen LogP) is 19.5. The van der Waals surface area contributed by atoms with E-state index in [1.54, 1.807) is 0 Å². The summed E-state index contributed by atoms with van der Waals surface area (Å²) in [4.78, 5) is 38.2. The molecule has 0 aliphatic heterocycles. The molecule has 0 aromatic rings. The fourth-order valence-corrected chi connectivity index (χ4v) is 8.03. The first-order valence-corrected chi connectivity index (χ1v) is 29.1. The maximum atomic E-state index is 12.9. The van der Waals surface area contributed by atoms with Gasteiger partial charge in [-0.25, -0.2) is 0 Å². The van der Waals surface area contributed by atoms with Crippen LogP contribution in [0.15, 0.2) is 85.1 Å². The maximum Gasteiger partial charge on any atom is 0.306 e. The number of allylic oxidation sites excluding steroid dienone is 14. The fraction of sp³-hybridized carbons (Fsp3) is 0.730. The first kappa shape index (κ1) is 65.6. The van der Waals surface area contributed by atoms with Gasteiger partial charge in [0.1, 0.15) is 13.2 Å². The van der Waals surface area contributed by atoms with Crippen LogP contribution < -0.4 is 0 Å². The maximum absolute atomic E-state index is 12.9. The highest BCUT2D eigenvalue weighted by Crippen LogP contribution is 2.15. The van der Waals surface area contributed by atoms with Crippen molar-refractivity contribution in [1.82, 2.24) is 0 Å². The Labute approximate surface area is 426 Å². The normalized spacial score (nSPS) is 12.7. The van der Waals surface area contributed by atoms with E-state index < -0.39 is 6.10 Å². The second-order valence-electron chi connectivity index (χ2n) is 19.2. The van der Waals surface area contributed by atoms with Crippen molar-refractivity contribution in [2.45, 2.75) is 284 Å². The molecule has 0 aromatic carbocycles. The molecule has 0 heterocycles. The first-order valence-electron chi connectivity index (χ1n) is 29.1. The molecule has 0 amide bonds. The SMILES string of the molecule is CC/C=C\C/C=C\C/C=C\C/C=C\C/C=C\CCCCCC(=O)O[C@H](COC(=O)CCCCCCCCC/C=C\C/C=C\CCCCC)COC(=O)CCCCCCCCCCCCCCCCC. The van der Waals surface area contributed by atoms with E-state index >= 15 is 0 Å². The smallest absolute Gasteiger partial charge is 0.306 e. The molecule has 0 saturated heterocycles. The molecule has 0 fully saturated rings. The number of hydrogen-bond acceptors (Lipinski definition) is 6. The Bertz CT molecular complexity index is 1330. The van der Waals surface area contributed by atoms with Crippen LogP contribution in [0, 0.1) is 0 Å². The lowest BCUT2D eigenvalue weighted by Gasteiger charge is -2.18. The van der Waals surface area contributed by atoms with E-state index in [1.165, 1.54) is 128 Å². The van der Waals surface area contributed by atoms with Gasteiger partial charge in [-0.15, -0.1) is 0 Å². The van der Waals surface area contributed by atoms with Crippen LogP contribution in [0.3, 0.4) is 0 Å². The van der Waals surface area contributed by atoms with Gasteiger partial charge in [0, 0.05) is 19.3 Å². The lowest BCUT2D eigenvalue weighted by molar-refractivity contribution is -0.167. The van der Waals surface area contributed by atoms with E-state index in [4.69, 9.17) is 14.2 Å². The Morgan fingerprint density at radius 3 is 0.928 bits per heavy atom. The lowest BCUT2D eigenvalue weighted by Crippen LogP contribution is -2.30. The average molecular weight is 962 g/mol. The summed E-state index contributed by atoms with van der Waals surface area (Å²) in [7, 11) is 0. The predicted molar refractivity (Wildman–Crippen MR) is 297 cm³/mol. The molecule has 0 saturated carbocycles. The number of hydrogen-bond donors (Lipinski definition) is 0. The zero-order chi connectivity index (χ0) is 50.0. The Kier molecular flexibility index (Phi) is 54.3. The van der Waals surface area contributed by atoms with Crippen molar-refractivity contribution in [3.8, 4) is 0 Å². The van der Waals surface area contributed by atoms with Crippen LogP contribution in [0.25, 0.3) is 0 Å². The molecular formula is C63H108O6. The van der Waals surface area contributed by atoms with Crippen LogP contribution in [0.4, 0.5) is 0 Å². The van der Waals surface area contributed by atoms with Crippen molar-refractivity contribution in [1.29, 1.82) is 0 Å². The van der Waals surface area contributed by atoms with E-state index in [1.807, 2.05) is 0 Å². The minimum absolute atomic E-state index is 0.0906. The van der Waals surface area contributed by atoms with Crippen LogP contribution in [0.5, 0.6) is 0 Å².